The van der Waals surface area contributed by atoms with E-state index in [1.54, 1.807) is 0 Å². The number of alkyl halides is 12. The van der Waals surface area contributed by atoms with E-state index in [9.17, 15) is 22.0 Å². The van der Waals surface area contributed by atoms with Crippen LogP contribution in [0.3, 0.4) is 0 Å². The van der Waals surface area contributed by atoms with E-state index in [0.717, 1.165) is 0 Å². The van der Waals surface area contributed by atoms with Gasteiger partial charge in [-0.1, -0.05) is 69.6 Å². The molecule has 0 N–H and O–H groups in total. The van der Waals surface area contributed by atoms with Gasteiger partial charge in [-0.3, -0.25) is 4.74 Å². The lowest BCUT2D eigenvalue weighted by atomic mass is 10.3. The maximum absolute atomic E-state index is 13.6. The van der Waals surface area contributed by atoms with Crippen LogP contribution >= 0.6 is 81.2 Å². The minimum atomic E-state index is -5.97. The molecule has 13 heteroatoms. The molecule has 0 bridgehead atoms. The predicted molar refractivity (Wildman–Crippen MR) is 61.3 cm³/mol. The molecule has 0 aromatic rings. The van der Waals surface area contributed by atoms with E-state index in [4.69, 9.17) is 81.2 Å². The summed E-state index contributed by atoms with van der Waals surface area (Å²) in [5.74, 6) is -5.15. The van der Waals surface area contributed by atoms with E-state index >= 15 is 0 Å². The molecule has 1 nitrogen and oxygen atoms in total. The van der Waals surface area contributed by atoms with Crippen LogP contribution in [0.2, 0.25) is 0 Å². The fourth-order valence-corrected chi connectivity index (χ4v) is 1.17. The van der Waals surface area contributed by atoms with Crippen molar-refractivity contribution in [3.63, 3.8) is 0 Å². The Kier molecular flexibility index (Phi) is 5.94. The molecule has 110 valence electrons. The molecule has 0 radical (unpaired) electrons. The van der Waals surface area contributed by atoms with Crippen molar-refractivity contribution >= 4 is 81.2 Å². The van der Waals surface area contributed by atoms with Crippen LogP contribution in [0, 0.1) is 0 Å². The van der Waals surface area contributed by atoms with Crippen LogP contribution in [0.1, 0.15) is 0 Å². The highest BCUT2D eigenvalue weighted by Crippen LogP contribution is 2.56. The zero-order valence-corrected chi connectivity index (χ0v) is 12.7. The molecule has 0 aliphatic heterocycles. The second kappa shape index (κ2) is 5.44. The Hall–Kier alpha value is 1.64. The molecule has 0 saturated carbocycles. The third kappa shape index (κ3) is 4.07. The summed E-state index contributed by atoms with van der Waals surface area (Å²) >= 11 is 33.5. The van der Waals surface area contributed by atoms with Crippen molar-refractivity contribution in [2.45, 2.75) is 24.9 Å². The van der Waals surface area contributed by atoms with Crippen LogP contribution in [-0.4, -0.2) is 24.9 Å². The highest BCUT2D eigenvalue weighted by molar-refractivity contribution is 6.70. The predicted octanol–water partition coefficient (Wildman–Crippen LogP) is 5.83. The van der Waals surface area contributed by atoms with Crippen molar-refractivity contribution < 1.29 is 26.7 Å². The van der Waals surface area contributed by atoms with E-state index in [1.807, 2.05) is 0 Å². The molecule has 2 atom stereocenters. The van der Waals surface area contributed by atoms with Gasteiger partial charge in [-0.25, -0.2) is 0 Å². The zero-order chi connectivity index (χ0) is 15.2. The Morgan fingerprint density at radius 3 is 1.11 bits per heavy atom. The standard InChI is InChI=1S/C5Cl7F5O/c6-2(7,8)1(13,5(15,16)17)18-4(12,14)3(9,10)11. The summed E-state index contributed by atoms with van der Waals surface area (Å²) in [4.78, 5) is 0. The summed E-state index contributed by atoms with van der Waals surface area (Å²) in [5.41, 5.74) is 0. The van der Waals surface area contributed by atoms with E-state index in [0.29, 0.717) is 0 Å². The van der Waals surface area contributed by atoms with Gasteiger partial charge in [-0.2, -0.15) is 22.0 Å². The largest absolute Gasteiger partial charge is 0.453 e. The lowest BCUT2D eigenvalue weighted by Crippen LogP contribution is -2.58. The number of halogens is 12. The number of hydrogen-bond acceptors (Lipinski definition) is 1. The van der Waals surface area contributed by atoms with Crippen molar-refractivity contribution in [3.05, 3.63) is 0 Å². The average molecular weight is 419 g/mol. The Bertz CT molecular complexity index is 291. The van der Waals surface area contributed by atoms with Crippen LogP contribution in [0.5, 0.6) is 0 Å². The summed E-state index contributed by atoms with van der Waals surface area (Å²) in [6.45, 7) is 0. The van der Waals surface area contributed by atoms with Gasteiger partial charge < -0.3 is 0 Å². The van der Waals surface area contributed by atoms with E-state index in [2.05, 4.69) is 4.74 Å². The van der Waals surface area contributed by atoms with Crippen LogP contribution in [0.25, 0.3) is 0 Å². The van der Waals surface area contributed by atoms with Gasteiger partial charge >= 0.3 is 17.3 Å². The molecule has 18 heavy (non-hydrogen) atoms. The summed E-state index contributed by atoms with van der Waals surface area (Å²) in [6, 6.07) is 0. The van der Waals surface area contributed by atoms with Gasteiger partial charge in [0, 0.05) is 0 Å². The molecule has 0 spiro atoms. The maximum Gasteiger partial charge on any atom is 0.453 e. The van der Waals surface area contributed by atoms with Gasteiger partial charge in [-0.15, -0.1) is 0 Å². The number of hydrogen-bond donors (Lipinski definition) is 0. The average Bonchev–Trinajstić information content (AvgIpc) is 1.95. The van der Waals surface area contributed by atoms with E-state index in [1.165, 1.54) is 0 Å². The highest BCUT2D eigenvalue weighted by Gasteiger charge is 2.74. The molecule has 2 unspecified atom stereocenters. The minimum Gasteiger partial charge on any atom is -0.282 e. The summed E-state index contributed by atoms with van der Waals surface area (Å²) in [5, 5.41) is -4.24. The smallest absolute Gasteiger partial charge is 0.282 e. The van der Waals surface area contributed by atoms with Crippen LogP contribution < -0.4 is 0 Å². The van der Waals surface area contributed by atoms with E-state index in [-0.39, 0.29) is 0 Å². The fourth-order valence-electron chi connectivity index (χ4n) is 0.511. The summed E-state index contributed by atoms with van der Waals surface area (Å²) in [6.07, 6.45) is -5.97. The summed E-state index contributed by atoms with van der Waals surface area (Å²) < 4.78 is 60.4. The van der Waals surface area contributed by atoms with Crippen LogP contribution in [0.15, 0.2) is 0 Å². The Balaban J connectivity index is 5.58. The molecule has 0 amide bonds. The van der Waals surface area contributed by atoms with Crippen molar-refractivity contribution in [2.24, 2.45) is 0 Å². The summed E-state index contributed by atoms with van der Waals surface area (Å²) in [7, 11) is 0. The molecule has 0 rings (SSSR count). The maximum atomic E-state index is 13.6. The first-order chi connectivity index (χ1) is 7.46. The third-order valence-corrected chi connectivity index (χ3v) is 3.44. The second-order valence-corrected chi connectivity index (χ2v) is 7.76. The van der Waals surface area contributed by atoms with Crippen molar-refractivity contribution in [3.8, 4) is 0 Å². The SMILES string of the molecule is FC(F)(F)C(F)(OC(F)(Cl)C(Cl)(Cl)Cl)C(Cl)(Cl)Cl. The van der Waals surface area contributed by atoms with Gasteiger partial charge in [0.25, 0.3) is 7.59 Å². The van der Waals surface area contributed by atoms with Crippen LogP contribution in [-0.2, 0) is 4.74 Å². The normalized spacial score (nSPS) is 21.3. The highest BCUT2D eigenvalue weighted by atomic mass is 35.6. The van der Waals surface area contributed by atoms with Gasteiger partial charge in [-0.05, 0) is 11.6 Å². The van der Waals surface area contributed by atoms with Crippen molar-refractivity contribution in [2.75, 3.05) is 0 Å². The Labute approximate surface area is 132 Å². The molecule has 0 aliphatic rings. The minimum absolute atomic E-state index is 3.23. The first-order valence-electron chi connectivity index (χ1n) is 3.43. The molecule has 0 aliphatic carbocycles. The zero-order valence-electron chi connectivity index (χ0n) is 7.44. The molecule has 0 heterocycles. The van der Waals surface area contributed by atoms with Gasteiger partial charge in [0.15, 0.2) is 0 Å². The van der Waals surface area contributed by atoms with Crippen LogP contribution in [0.4, 0.5) is 22.0 Å². The third-order valence-electron chi connectivity index (χ3n) is 1.33. The molecular formula is C5Cl7F5O. The Morgan fingerprint density at radius 1 is 0.611 bits per heavy atom. The number of rotatable bonds is 2. The monoisotopic (exact) mass is 416 g/mol. The van der Waals surface area contributed by atoms with Crippen molar-refractivity contribution in [1.82, 2.24) is 0 Å². The van der Waals surface area contributed by atoms with Crippen molar-refractivity contribution in [1.29, 1.82) is 0 Å². The number of ether oxygens (including phenoxy) is 1. The molecular weight excluding hydrogens is 419 g/mol. The molecule has 0 aromatic heterocycles. The van der Waals surface area contributed by atoms with Gasteiger partial charge in [0.1, 0.15) is 0 Å². The Morgan fingerprint density at radius 2 is 0.944 bits per heavy atom. The molecule has 0 aromatic carbocycles. The molecule has 0 fully saturated rings. The topological polar surface area (TPSA) is 9.23 Å². The van der Waals surface area contributed by atoms with Gasteiger partial charge in [0.2, 0.25) is 0 Å². The fraction of sp³-hybridized carbons (Fsp3) is 1.00. The lowest BCUT2D eigenvalue weighted by molar-refractivity contribution is -0.364. The van der Waals surface area contributed by atoms with E-state index < -0.39 is 24.9 Å². The molecule has 0 saturated heterocycles. The van der Waals surface area contributed by atoms with Gasteiger partial charge in [0.05, 0.1) is 0 Å². The first-order valence-corrected chi connectivity index (χ1v) is 6.07. The second-order valence-electron chi connectivity index (χ2n) is 2.71. The lowest BCUT2D eigenvalue weighted by Gasteiger charge is -2.38. The first kappa shape index (κ1) is 19.6. The quantitative estimate of drug-likeness (QED) is 0.404.